The summed E-state index contributed by atoms with van der Waals surface area (Å²) < 4.78 is 26.6. The predicted octanol–water partition coefficient (Wildman–Crippen LogP) is 1.37. The van der Waals surface area contributed by atoms with Crippen LogP contribution in [0.4, 0.5) is 5.82 Å². The number of sulfonamides is 1. The summed E-state index contributed by atoms with van der Waals surface area (Å²) in [6.07, 6.45) is 1.33. The highest BCUT2D eigenvalue weighted by atomic mass is 32.2. The normalized spacial score (nSPS) is 11.5. The number of hydrogen-bond donors (Lipinski definition) is 2. The van der Waals surface area contributed by atoms with Crippen molar-refractivity contribution in [3.8, 4) is 0 Å². The lowest BCUT2D eigenvalue weighted by molar-refractivity contribution is 0.581. The number of thiazole rings is 1. The summed E-state index contributed by atoms with van der Waals surface area (Å²) in [7, 11) is -1.82. The third kappa shape index (κ3) is 3.28. The Kier molecular flexibility index (Phi) is 4.13. The third-order valence-electron chi connectivity index (χ3n) is 2.57. The van der Waals surface area contributed by atoms with E-state index in [1.165, 1.54) is 23.6 Å². The largest absolute Gasteiger partial charge is 0.373 e. The van der Waals surface area contributed by atoms with Crippen LogP contribution in [0.3, 0.4) is 0 Å². The van der Waals surface area contributed by atoms with Crippen LogP contribution in [-0.4, -0.2) is 25.4 Å². The number of hydrogen-bond acceptors (Lipinski definition) is 6. The molecule has 102 valence electrons. The van der Waals surface area contributed by atoms with Crippen molar-refractivity contribution in [2.24, 2.45) is 0 Å². The molecule has 0 atom stereocenters. The van der Waals surface area contributed by atoms with Gasteiger partial charge in [0.05, 0.1) is 11.2 Å². The fourth-order valence-electron chi connectivity index (χ4n) is 1.43. The fourth-order valence-corrected chi connectivity index (χ4v) is 3.17. The van der Waals surface area contributed by atoms with Gasteiger partial charge in [0, 0.05) is 24.7 Å². The number of aromatic nitrogens is 2. The first-order valence-electron chi connectivity index (χ1n) is 5.55. The minimum absolute atomic E-state index is 0.147. The van der Waals surface area contributed by atoms with Gasteiger partial charge in [0.1, 0.15) is 10.7 Å². The molecule has 0 spiro atoms. The van der Waals surface area contributed by atoms with Gasteiger partial charge in [0.2, 0.25) is 10.0 Å². The molecule has 0 unspecified atom stereocenters. The summed E-state index contributed by atoms with van der Waals surface area (Å²) in [5.74, 6) is 0.622. The molecular weight excluding hydrogens is 284 g/mol. The van der Waals surface area contributed by atoms with Crippen LogP contribution in [0.15, 0.2) is 28.7 Å². The van der Waals surface area contributed by atoms with Gasteiger partial charge in [0.15, 0.2) is 0 Å². The molecule has 0 aliphatic heterocycles. The molecule has 0 saturated carbocycles. The molecule has 2 N–H and O–H groups in total. The van der Waals surface area contributed by atoms with Crippen LogP contribution in [0, 0.1) is 6.92 Å². The second kappa shape index (κ2) is 5.64. The predicted molar refractivity (Wildman–Crippen MR) is 74.7 cm³/mol. The van der Waals surface area contributed by atoms with E-state index < -0.39 is 10.0 Å². The van der Waals surface area contributed by atoms with Crippen molar-refractivity contribution in [3.05, 3.63) is 34.4 Å². The molecule has 2 heterocycles. The Morgan fingerprint density at radius 3 is 2.63 bits per heavy atom. The molecule has 19 heavy (non-hydrogen) atoms. The molecule has 0 amide bonds. The first-order valence-corrected chi connectivity index (χ1v) is 7.91. The van der Waals surface area contributed by atoms with Gasteiger partial charge in [-0.05, 0) is 19.1 Å². The third-order valence-corrected chi connectivity index (χ3v) is 4.89. The Morgan fingerprint density at radius 1 is 1.32 bits per heavy atom. The van der Waals surface area contributed by atoms with E-state index >= 15 is 0 Å². The van der Waals surface area contributed by atoms with Crippen molar-refractivity contribution in [3.63, 3.8) is 0 Å². The smallest absolute Gasteiger partial charge is 0.242 e. The lowest BCUT2D eigenvalue weighted by atomic mass is 10.4. The summed E-state index contributed by atoms with van der Waals surface area (Å²) in [5.41, 5.74) is 2.54. The maximum absolute atomic E-state index is 12.1. The lowest BCUT2D eigenvalue weighted by Gasteiger charge is -2.06. The van der Waals surface area contributed by atoms with Crippen molar-refractivity contribution >= 4 is 27.2 Å². The van der Waals surface area contributed by atoms with Crippen LogP contribution in [0.2, 0.25) is 0 Å². The zero-order valence-corrected chi connectivity index (χ0v) is 12.2. The van der Waals surface area contributed by atoms with Gasteiger partial charge in [-0.15, -0.1) is 11.3 Å². The maximum atomic E-state index is 12.1. The second-order valence-electron chi connectivity index (χ2n) is 3.81. The first-order chi connectivity index (χ1) is 9.03. The Labute approximate surface area is 116 Å². The minimum atomic E-state index is -3.54. The van der Waals surface area contributed by atoms with Gasteiger partial charge in [-0.25, -0.2) is 23.1 Å². The zero-order valence-electron chi connectivity index (χ0n) is 10.5. The number of pyridine rings is 1. The lowest BCUT2D eigenvalue weighted by Crippen LogP contribution is -2.23. The average Bonchev–Trinajstić information content (AvgIpc) is 2.82. The van der Waals surface area contributed by atoms with E-state index in [9.17, 15) is 8.42 Å². The van der Waals surface area contributed by atoms with Gasteiger partial charge in [-0.3, -0.25) is 0 Å². The number of nitrogens with zero attached hydrogens (tertiary/aromatic N) is 2. The van der Waals surface area contributed by atoms with Gasteiger partial charge < -0.3 is 5.32 Å². The topological polar surface area (TPSA) is 84.0 Å². The summed E-state index contributed by atoms with van der Waals surface area (Å²) in [5, 5.41) is 2.83. The van der Waals surface area contributed by atoms with E-state index in [0.29, 0.717) is 5.82 Å². The number of nitrogens with one attached hydrogen (secondary N) is 2. The van der Waals surface area contributed by atoms with Crippen LogP contribution < -0.4 is 10.0 Å². The Morgan fingerprint density at radius 2 is 2.11 bits per heavy atom. The van der Waals surface area contributed by atoms with Crippen molar-refractivity contribution in [2.75, 3.05) is 12.4 Å². The Bertz CT molecular complexity index is 650. The highest BCUT2D eigenvalue weighted by Gasteiger charge is 2.15. The fraction of sp³-hybridized carbons (Fsp3) is 0.273. The quantitative estimate of drug-likeness (QED) is 0.871. The molecule has 0 saturated heterocycles. The van der Waals surface area contributed by atoms with E-state index in [1.807, 2.05) is 6.92 Å². The average molecular weight is 298 g/mol. The highest BCUT2D eigenvalue weighted by molar-refractivity contribution is 7.89. The van der Waals surface area contributed by atoms with E-state index in [-0.39, 0.29) is 11.4 Å². The van der Waals surface area contributed by atoms with E-state index in [1.54, 1.807) is 18.6 Å². The van der Waals surface area contributed by atoms with Crippen LogP contribution in [-0.2, 0) is 16.6 Å². The summed E-state index contributed by atoms with van der Waals surface area (Å²) >= 11 is 1.43. The van der Waals surface area contributed by atoms with Gasteiger partial charge >= 0.3 is 0 Å². The summed E-state index contributed by atoms with van der Waals surface area (Å²) in [6.45, 7) is 2.09. The van der Waals surface area contributed by atoms with Crippen molar-refractivity contribution in [1.29, 1.82) is 0 Å². The minimum Gasteiger partial charge on any atom is -0.373 e. The summed E-state index contributed by atoms with van der Waals surface area (Å²) in [4.78, 5) is 9.11. The number of aryl methyl sites for hydroxylation is 1. The maximum Gasteiger partial charge on any atom is 0.242 e. The highest BCUT2D eigenvalue weighted by Crippen LogP contribution is 2.14. The van der Waals surface area contributed by atoms with E-state index in [0.717, 1.165) is 10.6 Å². The first kappa shape index (κ1) is 13.9. The molecule has 0 aliphatic carbocycles. The van der Waals surface area contributed by atoms with Crippen molar-refractivity contribution in [2.45, 2.75) is 18.4 Å². The number of anilines is 1. The second-order valence-corrected chi connectivity index (χ2v) is 6.52. The Balaban J connectivity index is 2.11. The molecule has 6 nitrogen and oxygen atoms in total. The standard InChI is InChI=1S/C11H14N4O2S2/c1-8-10(18-7-14-8)6-15-19(16,17)9-3-4-11(12-2)13-5-9/h3-5,7,15H,6H2,1-2H3,(H,12,13). The monoisotopic (exact) mass is 298 g/mol. The van der Waals surface area contributed by atoms with Crippen molar-refractivity contribution in [1.82, 2.24) is 14.7 Å². The van der Waals surface area contributed by atoms with Crippen LogP contribution >= 0.6 is 11.3 Å². The Hall–Kier alpha value is -1.51. The molecular formula is C11H14N4O2S2. The van der Waals surface area contributed by atoms with Gasteiger partial charge in [-0.1, -0.05) is 0 Å². The SMILES string of the molecule is CNc1ccc(S(=O)(=O)NCc2scnc2C)cn1. The molecule has 2 aromatic heterocycles. The van der Waals surface area contributed by atoms with Crippen molar-refractivity contribution < 1.29 is 8.42 Å². The molecule has 2 rings (SSSR count). The van der Waals surface area contributed by atoms with Crippen LogP contribution in [0.5, 0.6) is 0 Å². The molecule has 2 aromatic rings. The molecule has 0 fully saturated rings. The van der Waals surface area contributed by atoms with E-state index in [4.69, 9.17) is 0 Å². The molecule has 0 radical (unpaired) electrons. The van der Waals surface area contributed by atoms with Gasteiger partial charge in [-0.2, -0.15) is 0 Å². The molecule has 8 heteroatoms. The molecule has 0 aromatic carbocycles. The van der Waals surface area contributed by atoms with Gasteiger partial charge in [0.25, 0.3) is 0 Å². The molecule has 0 bridgehead atoms. The van der Waals surface area contributed by atoms with Crippen LogP contribution in [0.25, 0.3) is 0 Å². The van der Waals surface area contributed by atoms with E-state index in [2.05, 4.69) is 20.0 Å². The van der Waals surface area contributed by atoms with Crippen LogP contribution in [0.1, 0.15) is 10.6 Å². The molecule has 0 aliphatic rings. The zero-order chi connectivity index (χ0) is 13.9. The summed E-state index contributed by atoms with van der Waals surface area (Å²) in [6, 6.07) is 3.13. The number of rotatable bonds is 5.